The molecule has 0 aliphatic heterocycles. The van der Waals surface area contributed by atoms with Crippen molar-refractivity contribution in [1.29, 1.82) is 0 Å². The number of hydrogen-bond acceptors (Lipinski definition) is 8. The van der Waals surface area contributed by atoms with Crippen molar-refractivity contribution in [1.82, 2.24) is 0 Å². The van der Waals surface area contributed by atoms with Gasteiger partial charge in [-0.15, -0.1) is 0 Å². The molecule has 220 valence electrons. The molecule has 10 nitrogen and oxygen atoms in total. The second-order valence-electron chi connectivity index (χ2n) is 10.3. The number of carbonyl (C=O) groups excluding carboxylic acids is 2. The molecule has 3 aromatic carbocycles. The Labute approximate surface area is 240 Å². The maximum Gasteiger partial charge on any atom is 0.412 e. The highest BCUT2D eigenvalue weighted by Gasteiger charge is 2.29. The zero-order valence-electron chi connectivity index (χ0n) is 25.0. The van der Waals surface area contributed by atoms with E-state index < -0.39 is 23.4 Å². The molecule has 0 atom stereocenters. The van der Waals surface area contributed by atoms with Crippen LogP contribution >= 0.6 is 0 Å². The Balaban J connectivity index is 1.71. The van der Waals surface area contributed by atoms with Crippen LogP contribution in [0.2, 0.25) is 0 Å². The quantitative estimate of drug-likeness (QED) is 0.270. The molecule has 3 rings (SSSR count). The second kappa shape index (κ2) is 12.7. The number of rotatable bonds is 10. The first-order valence-corrected chi connectivity index (χ1v) is 12.9. The summed E-state index contributed by atoms with van der Waals surface area (Å²) in [6.45, 7) is 8.88. The third-order valence-electron chi connectivity index (χ3n) is 6.51. The van der Waals surface area contributed by atoms with Crippen LogP contribution in [0, 0.1) is 6.92 Å². The van der Waals surface area contributed by atoms with Gasteiger partial charge in [0.2, 0.25) is 0 Å². The molecule has 0 aliphatic rings. The lowest BCUT2D eigenvalue weighted by molar-refractivity contribution is 0.0455. The van der Waals surface area contributed by atoms with Gasteiger partial charge in [-0.05, 0) is 76.6 Å². The lowest BCUT2D eigenvalue weighted by Crippen LogP contribution is -2.29. The molecule has 3 aromatic rings. The molecule has 0 spiro atoms. The molecule has 0 aliphatic carbocycles. The summed E-state index contributed by atoms with van der Waals surface area (Å²) in [5.41, 5.74) is 1.02. The Hall–Kier alpha value is -4.60. The van der Waals surface area contributed by atoms with Crippen LogP contribution < -0.4 is 29.6 Å². The number of anilines is 2. The average molecular weight is 567 g/mol. The van der Waals surface area contributed by atoms with Gasteiger partial charge in [-0.2, -0.15) is 0 Å². The van der Waals surface area contributed by atoms with Crippen LogP contribution in [0.3, 0.4) is 0 Å². The number of aryl methyl sites for hydroxylation is 1. The standard InChI is InChI=1S/C31H38N2O8/c1-19-10-11-22(32-28(34)40-30(2,3)20-12-23(36-6)17-24(13-20)37-7)16-27(19)33-29(35)41-31(4,5)21-14-25(38-8)18-26(15-21)39-9/h10-18H,1-9H3,(H,32,34)(H,33,35). The molecule has 2 amide bonds. The lowest BCUT2D eigenvalue weighted by Gasteiger charge is -2.27. The molecular weight excluding hydrogens is 528 g/mol. The molecule has 0 saturated carbocycles. The van der Waals surface area contributed by atoms with E-state index >= 15 is 0 Å². The van der Waals surface area contributed by atoms with Crippen molar-refractivity contribution >= 4 is 23.6 Å². The summed E-state index contributed by atoms with van der Waals surface area (Å²) in [7, 11) is 6.20. The van der Waals surface area contributed by atoms with E-state index in [0.29, 0.717) is 45.5 Å². The predicted molar refractivity (Wildman–Crippen MR) is 157 cm³/mol. The minimum Gasteiger partial charge on any atom is -0.497 e. The third-order valence-corrected chi connectivity index (χ3v) is 6.51. The first-order valence-electron chi connectivity index (χ1n) is 12.9. The fourth-order valence-electron chi connectivity index (χ4n) is 4.00. The van der Waals surface area contributed by atoms with Crippen molar-refractivity contribution in [2.24, 2.45) is 0 Å². The summed E-state index contributed by atoms with van der Waals surface area (Å²) >= 11 is 0. The van der Waals surface area contributed by atoms with Gasteiger partial charge in [-0.1, -0.05) is 6.07 Å². The highest BCUT2D eigenvalue weighted by Crippen LogP contribution is 2.34. The van der Waals surface area contributed by atoms with E-state index in [9.17, 15) is 9.59 Å². The summed E-state index contributed by atoms with van der Waals surface area (Å²) < 4.78 is 32.8. The van der Waals surface area contributed by atoms with Crippen molar-refractivity contribution < 1.29 is 38.0 Å². The van der Waals surface area contributed by atoms with Crippen molar-refractivity contribution in [3.05, 3.63) is 71.3 Å². The number of amides is 2. The Kier molecular flexibility index (Phi) is 9.59. The molecular formula is C31H38N2O8. The van der Waals surface area contributed by atoms with Crippen LogP contribution in [0.5, 0.6) is 23.0 Å². The molecule has 41 heavy (non-hydrogen) atoms. The van der Waals surface area contributed by atoms with Gasteiger partial charge in [-0.25, -0.2) is 9.59 Å². The SMILES string of the molecule is COc1cc(OC)cc(C(C)(C)OC(=O)Nc2ccc(C)c(NC(=O)OC(C)(C)c3cc(OC)cc(OC)c3)c2)c1. The summed E-state index contributed by atoms with van der Waals surface area (Å²) in [5, 5.41) is 5.48. The third kappa shape index (κ3) is 7.97. The number of methoxy groups -OCH3 is 4. The lowest BCUT2D eigenvalue weighted by atomic mass is 9.97. The number of ether oxygens (including phenoxy) is 6. The molecule has 0 aromatic heterocycles. The van der Waals surface area contributed by atoms with E-state index in [2.05, 4.69) is 10.6 Å². The Morgan fingerprint density at radius 1 is 0.585 bits per heavy atom. The molecule has 0 unspecified atom stereocenters. The summed E-state index contributed by atoms with van der Waals surface area (Å²) in [6, 6.07) is 15.7. The molecule has 0 radical (unpaired) electrons. The first kappa shape index (κ1) is 30.9. The minimum atomic E-state index is -1.01. The zero-order chi connectivity index (χ0) is 30.4. The monoisotopic (exact) mass is 566 g/mol. The minimum absolute atomic E-state index is 0.423. The second-order valence-corrected chi connectivity index (χ2v) is 10.3. The molecule has 2 N–H and O–H groups in total. The van der Waals surface area contributed by atoms with Gasteiger partial charge in [0.1, 0.15) is 34.2 Å². The predicted octanol–water partition coefficient (Wildman–Crippen LogP) is 7.00. The van der Waals surface area contributed by atoms with Crippen LogP contribution in [-0.4, -0.2) is 40.6 Å². The Morgan fingerprint density at radius 3 is 1.37 bits per heavy atom. The van der Waals surface area contributed by atoms with Gasteiger partial charge in [0.15, 0.2) is 0 Å². The molecule has 0 bridgehead atoms. The van der Waals surface area contributed by atoms with Crippen molar-refractivity contribution in [3.8, 4) is 23.0 Å². The summed E-state index contributed by atoms with van der Waals surface area (Å²) in [6.07, 6.45) is -1.35. The first-order chi connectivity index (χ1) is 19.3. The Morgan fingerprint density at radius 2 is 0.976 bits per heavy atom. The van der Waals surface area contributed by atoms with E-state index in [4.69, 9.17) is 28.4 Å². The van der Waals surface area contributed by atoms with Crippen LogP contribution in [-0.2, 0) is 20.7 Å². The van der Waals surface area contributed by atoms with Gasteiger partial charge in [0.25, 0.3) is 0 Å². The molecule has 0 saturated heterocycles. The van der Waals surface area contributed by atoms with E-state index in [-0.39, 0.29) is 0 Å². The van der Waals surface area contributed by atoms with Gasteiger partial charge < -0.3 is 28.4 Å². The van der Waals surface area contributed by atoms with Gasteiger partial charge >= 0.3 is 12.2 Å². The normalized spacial score (nSPS) is 11.2. The van der Waals surface area contributed by atoms with Crippen molar-refractivity contribution in [2.45, 2.75) is 45.8 Å². The van der Waals surface area contributed by atoms with E-state index in [1.54, 1.807) is 111 Å². The highest BCUT2D eigenvalue weighted by atomic mass is 16.6. The molecule has 0 heterocycles. The van der Waals surface area contributed by atoms with Gasteiger partial charge in [-0.3, -0.25) is 10.6 Å². The average Bonchev–Trinajstić information content (AvgIpc) is 2.93. The van der Waals surface area contributed by atoms with E-state index in [0.717, 1.165) is 5.56 Å². The summed E-state index contributed by atoms with van der Waals surface area (Å²) in [5.74, 6) is 2.30. The van der Waals surface area contributed by atoms with Gasteiger partial charge in [0, 0.05) is 34.6 Å². The fourth-order valence-corrected chi connectivity index (χ4v) is 4.00. The van der Waals surface area contributed by atoms with E-state index in [1.165, 1.54) is 0 Å². The van der Waals surface area contributed by atoms with Crippen LogP contribution in [0.15, 0.2) is 54.6 Å². The number of carbonyl (C=O) groups is 2. The molecule has 0 fully saturated rings. The van der Waals surface area contributed by atoms with Crippen molar-refractivity contribution in [2.75, 3.05) is 39.1 Å². The topological polar surface area (TPSA) is 114 Å². The maximum absolute atomic E-state index is 12.9. The smallest absolute Gasteiger partial charge is 0.412 e. The highest BCUT2D eigenvalue weighted by molar-refractivity contribution is 5.90. The van der Waals surface area contributed by atoms with Crippen LogP contribution in [0.4, 0.5) is 21.0 Å². The van der Waals surface area contributed by atoms with Crippen molar-refractivity contribution in [3.63, 3.8) is 0 Å². The fraction of sp³-hybridized carbons (Fsp3) is 0.355. The van der Waals surface area contributed by atoms with E-state index in [1.807, 2.05) is 6.92 Å². The van der Waals surface area contributed by atoms with Crippen LogP contribution in [0.25, 0.3) is 0 Å². The zero-order valence-corrected chi connectivity index (χ0v) is 25.0. The Bertz CT molecular complexity index is 1360. The number of hydrogen-bond donors (Lipinski definition) is 2. The van der Waals surface area contributed by atoms with Gasteiger partial charge in [0.05, 0.1) is 28.4 Å². The number of nitrogens with one attached hydrogen (secondary N) is 2. The summed E-state index contributed by atoms with van der Waals surface area (Å²) in [4.78, 5) is 25.8. The maximum atomic E-state index is 12.9. The largest absolute Gasteiger partial charge is 0.497 e. The number of benzene rings is 3. The molecule has 10 heteroatoms. The van der Waals surface area contributed by atoms with Crippen LogP contribution in [0.1, 0.15) is 44.4 Å².